The lowest BCUT2D eigenvalue weighted by Crippen LogP contribution is -2.27. The van der Waals surface area contributed by atoms with Gasteiger partial charge in [0.05, 0.1) is 22.5 Å². The second kappa shape index (κ2) is 8.02. The third kappa shape index (κ3) is 3.89. The molecule has 5 rings (SSSR count). The number of carbonyl (C=O) groups excluding carboxylic acids is 1. The monoisotopic (exact) mass is 437 g/mol. The van der Waals surface area contributed by atoms with Crippen molar-refractivity contribution in [1.82, 2.24) is 25.1 Å². The van der Waals surface area contributed by atoms with Crippen LogP contribution in [0.3, 0.4) is 0 Å². The summed E-state index contributed by atoms with van der Waals surface area (Å²) in [5.74, 6) is -0.264. The summed E-state index contributed by atoms with van der Waals surface area (Å²) in [7, 11) is 1.85. The van der Waals surface area contributed by atoms with Crippen LogP contribution in [0.5, 0.6) is 0 Å². The van der Waals surface area contributed by atoms with Crippen molar-refractivity contribution < 1.29 is 4.79 Å². The maximum atomic E-state index is 13.3. The molecule has 0 unspecified atom stereocenters. The van der Waals surface area contributed by atoms with Gasteiger partial charge in [-0.05, 0) is 49.1 Å². The van der Waals surface area contributed by atoms with E-state index in [2.05, 4.69) is 15.4 Å². The molecule has 0 saturated carbocycles. The van der Waals surface area contributed by atoms with Crippen LogP contribution in [0.4, 0.5) is 0 Å². The summed E-state index contributed by atoms with van der Waals surface area (Å²) in [6.45, 7) is 4.02. The topological polar surface area (TPSA) is 92.7 Å². The van der Waals surface area contributed by atoms with Crippen molar-refractivity contribution in [2.24, 2.45) is 7.05 Å². The Bertz CT molecular complexity index is 1600. The van der Waals surface area contributed by atoms with E-state index in [1.165, 1.54) is 0 Å². The maximum Gasteiger partial charge on any atom is 0.253 e. The van der Waals surface area contributed by atoms with Crippen LogP contribution in [0.1, 0.15) is 27.2 Å². The summed E-state index contributed by atoms with van der Waals surface area (Å²) >= 11 is 0. The molecule has 7 nitrogen and oxygen atoms in total. The number of hydrogen-bond donors (Lipinski definition) is 2. The van der Waals surface area contributed by atoms with E-state index in [-0.39, 0.29) is 18.0 Å². The Hall–Kier alpha value is -4.26. The van der Waals surface area contributed by atoms with Gasteiger partial charge >= 0.3 is 0 Å². The molecule has 7 heteroatoms. The van der Waals surface area contributed by atoms with Crippen LogP contribution in [0.15, 0.2) is 65.6 Å². The van der Waals surface area contributed by atoms with Crippen molar-refractivity contribution in [1.29, 1.82) is 0 Å². The molecule has 0 aliphatic heterocycles. The first-order chi connectivity index (χ1) is 15.9. The number of H-pyrrole nitrogens is 1. The molecule has 0 radical (unpaired) electrons. The Balaban J connectivity index is 1.50. The highest BCUT2D eigenvalue weighted by atomic mass is 16.1. The Morgan fingerprint density at radius 1 is 1.09 bits per heavy atom. The lowest BCUT2D eigenvalue weighted by Gasteiger charge is -2.11. The Morgan fingerprint density at radius 3 is 2.70 bits per heavy atom. The zero-order chi connectivity index (χ0) is 23.1. The second-order valence-corrected chi connectivity index (χ2v) is 8.27. The van der Waals surface area contributed by atoms with Crippen LogP contribution < -0.4 is 10.9 Å². The lowest BCUT2D eigenvalue weighted by molar-refractivity contribution is 0.0952. The molecule has 0 spiro atoms. The van der Waals surface area contributed by atoms with Gasteiger partial charge in [0.15, 0.2) is 0 Å². The van der Waals surface area contributed by atoms with Crippen LogP contribution in [-0.2, 0) is 13.6 Å². The van der Waals surface area contributed by atoms with Crippen molar-refractivity contribution in [2.75, 3.05) is 0 Å². The Kier molecular flexibility index (Phi) is 5.01. The molecule has 2 aromatic carbocycles. The van der Waals surface area contributed by atoms with E-state index in [9.17, 15) is 9.59 Å². The fourth-order valence-electron chi connectivity index (χ4n) is 4.11. The first-order valence-corrected chi connectivity index (χ1v) is 10.7. The number of carbonyl (C=O) groups is 1. The number of aromatic amines is 1. The predicted molar refractivity (Wildman–Crippen MR) is 129 cm³/mol. The number of aromatic nitrogens is 4. The van der Waals surface area contributed by atoms with Gasteiger partial charge in [0, 0.05) is 41.8 Å². The Morgan fingerprint density at radius 2 is 1.91 bits per heavy atom. The Labute approximate surface area is 190 Å². The van der Waals surface area contributed by atoms with Gasteiger partial charge in [0.1, 0.15) is 0 Å². The fraction of sp³-hybridized carbons (Fsp3) is 0.154. The van der Waals surface area contributed by atoms with Crippen LogP contribution in [0, 0.1) is 13.8 Å². The molecule has 3 heterocycles. The smallest absolute Gasteiger partial charge is 0.253 e. The lowest BCUT2D eigenvalue weighted by atomic mass is 10.0. The van der Waals surface area contributed by atoms with Crippen LogP contribution in [0.25, 0.3) is 33.1 Å². The van der Waals surface area contributed by atoms with E-state index >= 15 is 0 Å². The minimum absolute atomic E-state index is 0.121. The van der Waals surface area contributed by atoms with Gasteiger partial charge in [0.25, 0.3) is 11.5 Å². The summed E-state index contributed by atoms with van der Waals surface area (Å²) in [6.07, 6.45) is 1.89. The normalized spacial score (nSPS) is 11.2. The second-order valence-electron chi connectivity index (χ2n) is 8.27. The molecule has 33 heavy (non-hydrogen) atoms. The summed E-state index contributed by atoms with van der Waals surface area (Å²) < 4.78 is 1.73. The zero-order valence-corrected chi connectivity index (χ0v) is 18.6. The van der Waals surface area contributed by atoms with Crippen molar-refractivity contribution in [3.8, 4) is 11.3 Å². The molecule has 5 aromatic rings. The molecule has 0 atom stereocenters. The van der Waals surface area contributed by atoms with Gasteiger partial charge in [0.2, 0.25) is 0 Å². The molecule has 3 aromatic heterocycles. The van der Waals surface area contributed by atoms with Crippen molar-refractivity contribution in [3.63, 3.8) is 0 Å². The van der Waals surface area contributed by atoms with Gasteiger partial charge in [-0.1, -0.05) is 30.3 Å². The number of nitrogens with one attached hydrogen (secondary N) is 2. The number of fused-ring (bicyclic) bond motifs is 2. The SMILES string of the molecule is Cc1ccc2cc(CNC(=O)c3cc(-c4cn(C)nc4C)nc4ccccc34)c(=O)[nH]c2c1. The van der Waals surface area contributed by atoms with Crippen molar-refractivity contribution in [2.45, 2.75) is 20.4 Å². The standard InChI is InChI=1S/C26H23N5O2/c1-15-8-9-17-11-18(25(32)29-23(17)10-15)13-27-26(33)20-12-24(21-14-31(3)30-16(21)2)28-22-7-5-4-6-19(20)22/h4-12,14H,13H2,1-3H3,(H,27,33)(H,29,32). The first-order valence-electron chi connectivity index (χ1n) is 10.7. The molecule has 0 aliphatic rings. The maximum absolute atomic E-state index is 13.3. The molecular weight excluding hydrogens is 414 g/mol. The largest absolute Gasteiger partial charge is 0.348 e. The van der Waals surface area contributed by atoms with Gasteiger partial charge in [-0.25, -0.2) is 4.98 Å². The number of amides is 1. The highest BCUT2D eigenvalue weighted by molar-refractivity contribution is 6.07. The predicted octanol–water partition coefficient (Wildman–Crippen LogP) is 4.02. The number of hydrogen-bond acceptors (Lipinski definition) is 4. The van der Waals surface area contributed by atoms with E-state index in [0.717, 1.165) is 38.6 Å². The number of benzene rings is 2. The number of nitrogens with zero attached hydrogens (tertiary/aromatic N) is 3. The van der Waals surface area contributed by atoms with E-state index in [0.29, 0.717) is 16.8 Å². The number of rotatable bonds is 4. The fourth-order valence-corrected chi connectivity index (χ4v) is 4.11. The number of aryl methyl sites for hydroxylation is 3. The van der Waals surface area contributed by atoms with Gasteiger partial charge in [-0.2, -0.15) is 5.10 Å². The van der Waals surface area contributed by atoms with Crippen molar-refractivity contribution >= 4 is 27.7 Å². The highest BCUT2D eigenvalue weighted by Gasteiger charge is 2.16. The van der Waals surface area contributed by atoms with E-state index in [1.54, 1.807) is 10.7 Å². The minimum Gasteiger partial charge on any atom is -0.348 e. The molecule has 0 fully saturated rings. The first kappa shape index (κ1) is 20.6. The van der Waals surface area contributed by atoms with Crippen LogP contribution >= 0.6 is 0 Å². The van der Waals surface area contributed by atoms with Crippen LogP contribution in [0.2, 0.25) is 0 Å². The average molecular weight is 438 g/mol. The molecule has 0 aliphatic carbocycles. The van der Waals surface area contributed by atoms with E-state index in [4.69, 9.17) is 4.98 Å². The van der Waals surface area contributed by atoms with Gasteiger partial charge in [-0.3, -0.25) is 14.3 Å². The van der Waals surface area contributed by atoms with Crippen molar-refractivity contribution in [3.05, 3.63) is 93.5 Å². The minimum atomic E-state index is -0.264. The zero-order valence-electron chi connectivity index (χ0n) is 18.6. The third-order valence-electron chi connectivity index (χ3n) is 5.77. The molecule has 0 saturated heterocycles. The third-order valence-corrected chi connectivity index (χ3v) is 5.77. The molecule has 1 amide bonds. The van der Waals surface area contributed by atoms with Gasteiger partial charge in [-0.15, -0.1) is 0 Å². The summed E-state index contributed by atoms with van der Waals surface area (Å²) in [5.41, 5.74) is 5.77. The highest BCUT2D eigenvalue weighted by Crippen LogP contribution is 2.26. The molecule has 2 N–H and O–H groups in total. The number of pyridine rings is 2. The van der Waals surface area contributed by atoms with Gasteiger partial charge < -0.3 is 10.3 Å². The molecule has 0 bridgehead atoms. The summed E-state index contributed by atoms with van der Waals surface area (Å²) in [5, 5.41) is 8.99. The quantitative estimate of drug-likeness (QED) is 0.444. The molecular formula is C26H23N5O2. The summed E-state index contributed by atoms with van der Waals surface area (Å²) in [4.78, 5) is 33.5. The average Bonchev–Trinajstić information content (AvgIpc) is 3.14. The molecule has 164 valence electrons. The van der Waals surface area contributed by atoms with E-state index < -0.39 is 0 Å². The van der Waals surface area contributed by atoms with E-state index in [1.807, 2.05) is 75.6 Å². The number of para-hydroxylation sites is 1. The van der Waals surface area contributed by atoms with Crippen LogP contribution in [-0.4, -0.2) is 25.7 Å². The summed E-state index contributed by atoms with van der Waals surface area (Å²) in [6, 6.07) is 17.0.